The fraction of sp³-hybridized carbons (Fsp3) is 0.0566. The van der Waals surface area contributed by atoms with Gasteiger partial charge in [-0.2, -0.15) is 0 Å². The van der Waals surface area contributed by atoms with Crippen LogP contribution < -0.4 is 4.90 Å². The summed E-state index contributed by atoms with van der Waals surface area (Å²) in [5, 5.41) is 4.00. The zero-order valence-corrected chi connectivity index (χ0v) is 32.8. The van der Waals surface area contributed by atoms with E-state index in [0.29, 0.717) is 0 Å². The van der Waals surface area contributed by atoms with Crippen LogP contribution in [0.3, 0.4) is 0 Å². The van der Waals surface area contributed by atoms with Gasteiger partial charge in [0, 0.05) is 52.2 Å². The zero-order valence-electron chi connectivity index (χ0n) is 31.2. The fourth-order valence-electron chi connectivity index (χ4n) is 9.02. The molecule has 3 heteroatoms. The molecule has 0 aliphatic heterocycles. The highest BCUT2D eigenvalue weighted by Gasteiger charge is 2.40. The highest BCUT2D eigenvalue weighted by molar-refractivity contribution is 7.26. The van der Waals surface area contributed by atoms with Gasteiger partial charge in [-0.1, -0.05) is 153 Å². The number of nitrogens with zero attached hydrogens (tertiary/aromatic N) is 1. The van der Waals surface area contributed by atoms with E-state index in [1.807, 2.05) is 22.7 Å². The summed E-state index contributed by atoms with van der Waals surface area (Å²) in [6, 6.07) is 69.0. The Kier molecular flexibility index (Phi) is 7.64. The maximum atomic E-state index is 2.43. The second kappa shape index (κ2) is 12.9. The first-order chi connectivity index (χ1) is 27.5. The summed E-state index contributed by atoms with van der Waals surface area (Å²) in [6.07, 6.45) is 0. The molecule has 56 heavy (non-hydrogen) atoms. The minimum Gasteiger partial charge on any atom is -0.310 e. The Labute approximate surface area is 335 Å². The number of anilines is 3. The molecule has 1 nitrogen and oxygen atoms in total. The van der Waals surface area contributed by atoms with Crippen molar-refractivity contribution in [3.63, 3.8) is 0 Å². The molecule has 0 bridgehead atoms. The van der Waals surface area contributed by atoms with Crippen LogP contribution in [-0.2, 0) is 5.41 Å². The third-order valence-corrected chi connectivity index (χ3v) is 14.0. The number of hydrogen-bond acceptors (Lipinski definition) is 3. The molecule has 2 heterocycles. The van der Waals surface area contributed by atoms with Crippen LogP contribution in [0.4, 0.5) is 17.1 Å². The molecule has 11 rings (SSSR count). The predicted molar refractivity (Wildman–Crippen MR) is 243 cm³/mol. The van der Waals surface area contributed by atoms with Gasteiger partial charge >= 0.3 is 0 Å². The van der Waals surface area contributed by atoms with Crippen LogP contribution >= 0.6 is 22.7 Å². The van der Waals surface area contributed by atoms with Crippen molar-refractivity contribution in [3.05, 3.63) is 199 Å². The van der Waals surface area contributed by atoms with E-state index in [2.05, 4.69) is 207 Å². The molecule has 1 aliphatic rings. The second-order valence-electron chi connectivity index (χ2n) is 15.3. The molecule has 10 aromatic rings. The lowest BCUT2D eigenvalue weighted by Gasteiger charge is -2.26. The van der Waals surface area contributed by atoms with Gasteiger partial charge in [-0.25, -0.2) is 0 Å². The van der Waals surface area contributed by atoms with Crippen LogP contribution in [-0.4, -0.2) is 0 Å². The highest BCUT2D eigenvalue weighted by atomic mass is 32.1. The smallest absolute Gasteiger partial charge is 0.0476 e. The normalized spacial score (nSPS) is 13.0. The standard InChI is InChI=1S/C53H37NS2/c1-53(2)50-42(17-11-18-46(50)52-51(53)45-16-9-10-19-47(45)56-52)38-24-30-43-44-31-29-41(33-49(44)55-48(43)32-38)54(39-25-20-36(21-26-39)34-12-5-3-6-13-34)40-27-22-37(23-28-40)35-14-7-4-8-15-35/h3-33H,1-2H3. The van der Waals surface area contributed by atoms with E-state index in [1.54, 1.807) is 0 Å². The molecule has 0 unspecified atom stereocenters. The molecule has 0 radical (unpaired) electrons. The molecule has 2 aromatic heterocycles. The molecule has 1 aliphatic carbocycles. The first-order valence-corrected chi connectivity index (χ1v) is 20.9. The van der Waals surface area contributed by atoms with E-state index in [1.165, 1.54) is 85.2 Å². The monoisotopic (exact) mass is 751 g/mol. The number of benzene rings is 8. The maximum Gasteiger partial charge on any atom is 0.0476 e. The first-order valence-electron chi connectivity index (χ1n) is 19.2. The van der Waals surface area contributed by atoms with Crippen molar-refractivity contribution in [2.45, 2.75) is 19.3 Å². The van der Waals surface area contributed by atoms with Gasteiger partial charge in [0.2, 0.25) is 0 Å². The van der Waals surface area contributed by atoms with Crippen LogP contribution in [0.15, 0.2) is 188 Å². The van der Waals surface area contributed by atoms with Gasteiger partial charge in [0.25, 0.3) is 0 Å². The van der Waals surface area contributed by atoms with E-state index < -0.39 is 0 Å². The van der Waals surface area contributed by atoms with Gasteiger partial charge in [0.05, 0.1) is 0 Å². The summed E-state index contributed by atoms with van der Waals surface area (Å²) in [6.45, 7) is 4.83. The summed E-state index contributed by atoms with van der Waals surface area (Å²) in [4.78, 5) is 3.81. The summed E-state index contributed by atoms with van der Waals surface area (Å²) in [5.74, 6) is 0. The molecule has 0 fully saturated rings. The molecular weight excluding hydrogens is 715 g/mol. The Morgan fingerprint density at radius 1 is 0.357 bits per heavy atom. The third kappa shape index (κ3) is 5.27. The van der Waals surface area contributed by atoms with Crippen molar-refractivity contribution < 1.29 is 0 Å². The zero-order chi connectivity index (χ0) is 37.4. The topological polar surface area (TPSA) is 3.24 Å². The SMILES string of the molecule is CC1(C)c2c(-c3ccc4c(c3)sc3cc(N(c5ccc(-c6ccccc6)cc5)c5ccc(-c6ccccc6)cc5)ccc34)cccc2-c2sc3ccccc3c21. The Hall–Kier alpha value is -6.26. The largest absolute Gasteiger partial charge is 0.310 e. The Bertz CT molecular complexity index is 3000. The minimum atomic E-state index is -0.0903. The molecule has 0 spiro atoms. The molecule has 0 amide bonds. The van der Waals surface area contributed by atoms with E-state index in [4.69, 9.17) is 0 Å². The lowest BCUT2D eigenvalue weighted by molar-refractivity contribution is 0.669. The average molecular weight is 752 g/mol. The summed E-state index contributed by atoms with van der Waals surface area (Å²) in [7, 11) is 0. The Morgan fingerprint density at radius 2 is 0.875 bits per heavy atom. The molecule has 8 aromatic carbocycles. The van der Waals surface area contributed by atoms with Crippen LogP contribution in [0.25, 0.3) is 74.1 Å². The van der Waals surface area contributed by atoms with Crippen molar-refractivity contribution in [2.75, 3.05) is 4.90 Å². The molecule has 0 N–H and O–H groups in total. The van der Waals surface area contributed by atoms with E-state index in [0.717, 1.165) is 17.1 Å². The van der Waals surface area contributed by atoms with Gasteiger partial charge in [-0.3, -0.25) is 0 Å². The van der Waals surface area contributed by atoms with Crippen LogP contribution in [0.5, 0.6) is 0 Å². The first kappa shape index (κ1) is 33.1. The predicted octanol–water partition coefficient (Wildman–Crippen LogP) is 16.0. The number of thiophene rings is 2. The average Bonchev–Trinajstić information content (AvgIpc) is 3.90. The summed E-state index contributed by atoms with van der Waals surface area (Å²) < 4.78 is 3.97. The van der Waals surface area contributed by atoms with E-state index >= 15 is 0 Å². The van der Waals surface area contributed by atoms with Gasteiger partial charge in [0.15, 0.2) is 0 Å². The molecule has 266 valence electrons. The summed E-state index contributed by atoms with van der Waals surface area (Å²) in [5.41, 5.74) is 15.1. The van der Waals surface area contributed by atoms with Crippen molar-refractivity contribution in [2.24, 2.45) is 0 Å². The van der Waals surface area contributed by atoms with E-state index in [-0.39, 0.29) is 5.41 Å². The van der Waals surface area contributed by atoms with Gasteiger partial charge in [0.1, 0.15) is 0 Å². The van der Waals surface area contributed by atoms with Crippen molar-refractivity contribution in [1.82, 2.24) is 0 Å². The Morgan fingerprint density at radius 3 is 1.54 bits per heavy atom. The van der Waals surface area contributed by atoms with Crippen molar-refractivity contribution in [1.29, 1.82) is 0 Å². The van der Waals surface area contributed by atoms with Crippen LogP contribution in [0.1, 0.15) is 25.0 Å². The lowest BCUT2D eigenvalue weighted by atomic mass is 9.78. The minimum absolute atomic E-state index is 0.0903. The van der Waals surface area contributed by atoms with Gasteiger partial charge in [-0.15, -0.1) is 22.7 Å². The van der Waals surface area contributed by atoms with Gasteiger partial charge < -0.3 is 4.90 Å². The highest BCUT2D eigenvalue weighted by Crippen LogP contribution is 2.57. The summed E-state index contributed by atoms with van der Waals surface area (Å²) >= 11 is 3.83. The third-order valence-electron chi connectivity index (χ3n) is 11.6. The second-order valence-corrected chi connectivity index (χ2v) is 17.4. The Balaban J connectivity index is 1.00. The lowest BCUT2D eigenvalue weighted by Crippen LogP contribution is -2.16. The fourth-order valence-corrected chi connectivity index (χ4v) is 11.6. The van der Waals surface area contributed by atoms with E-state index in [9.17, 15) is 0 Å². The number of rotatable bonds is 6. The number of fused-ring (bicyclic) bond motifs is 8. The van der Waals surface area contributed by atoms with Crippen LogP contribution in [0.2, 0.25) is 0 Å². The molecule has 0 saturated heterocycles. The molecule has 0 atom stereocenters. The van der Waals surface area contributed by atoms with Crippen molar-refractivity contribution >= 4 is 70.0 Å². The molecular formula is C53H37NS2. The van der Waals surface area contributed by atoms with Gasteiger partial charge in [-0.05, 0) is 104 Å². The van der Waals surface area contributed by atoms with Crippen molar-refractivity contribution in [3.8, 4) is 43.8 Å². The maximum absolute atomic E-state index is 2.43. The molecule has 0 saturated carbocycles. The quantitative estimate of drug-likeness (QED) is 0.164. The number of hydrogen-bond donors (Lipinski definition) is 0. The van der Waals surface area contributed by atoms with Crippen LogP contribution in [0, 0.1) is 0 Å².